The Bertz CT molecular complexity index is 2490. The van der Waals surface area contributed by atoms with E-state index in [0.29, 0.717) is 22.7 Å². The first kappa shape index (κ1) is 38.9. The molecule has 6 unspecified atom stereocenters. The van der Waals surface area contributed by atoms with Gasteiger partial charge in [0.2, 0.25) is 0 Å². The second kappa shape index (κ2) is 14.0. The van der Waals surface area contributed by atoms with Crippen LogP contribution in [0.5, 0.6) is 0 Å². The molecule has 8 aliphatic rings. The maximum atomic E-state index is 12.3. The molecule has 2 heterocycles. The molecule has 4 fully saturated rings. The Morgan fingerprint density at radius 1 is 0.567 bits per heavy atom. The summed E-state index contributed by atoms with van der Waals surface area (Å²) in [6, 6.07) is 16.9. The van der Waals surface area contributed by atoms with Gasteiger partial charge in [-0.1, -0.05) is 95.2 Å². The molecule has 2 aromatic heterocycles. The number of fused-ring (bicyclic) bond motifs is 12. The SMILES string of the molecule is C[C@H]1CC[C@@]2(C)C(=CCC3C2CC[C@]2(C)C(n4cnc5ccccc54)=C(C=O)CC32)C1.C[C@H]1CC[C@@]2(C)C(=CCC3C2CC[C@]2(C)C(n4cnc5ccccc54)=CCC32)C1. The molecule has 2 aromatic carbocycles. The Morgan fingerprint density at radius 3 is 1.68 bits per heavy atom. The summed E-state index contributed by atoms with van der Waals surface area (Å²) in [5.74, 6) is 6.24. The number of nitrogens with zero attached hydrogens (tertiary/aromatic N) is 4. The lowest BCUT2D eigenvalue weighted by Gasteiger charge is -2.57. The summed E-state index contributed by atoms with van der Waals surface area (Å²) in [6.07, 6.45) is 31.1. The molecule has 8 aliphatic carbocycles. The van der Waals surface area contributed by atoms with E-state index in [1.165, 1.54) is 100 Å². The third-order valence-corrected chi connectivity index (χ3v) is 19.5. The van der Waals surface area contributed by atoms with Gasteiger partial charge in [-0.2, -0.15) is 0 Å². The summed E-state index contributed by atoms with van der Waals surface area (Å²) in [6.45, 7) is 15.1. The first-order valence-electron chi connectivity index (χ1n) is 24.1. The van der Waals surface area contributed by atoms with Crippen LogP contribution in [0, 0.1) is 69.0 Å². The molecule has 0 N–H and O–H groups in total. The number of aldehydes is 1. The first-order chi connectivity index (χ1) is 29.0. The van der Waals surface area contributed by atoms with E-state index in [2.05, 4.69) is 123 Å². The summed E-state index contributed by atoms with van der Waals surface area (Å²) < 4.78 is 4.65. The van der Waals surface area contributed by atoms with Gasteiger partial charge < -0.3 is 9.13 Å². The molecule has 0 amide bonds. The predicted octanol–water partition coefficient (Wildman–Crippen LogP) is 13.7. The van der Waals surface area contributed by atoms with Gasteiger partial charge in [0.15, 0.2) is 0 Å². The van der Waals surface area contributed by atoms with Crippen molar-refractivity contribution in [3.8, 4) is 0 Å². The normalized spacial score (nSPS) is 40.5. The summed E-state index contributed by atoms with van der Waals surface area (Å²) in [7, 11) is 0. The van der Waals surface area contributed by atoms with Crippen molar-refractivity contribution in [2.24, 2.45) is 69.0 Å². The number of para-hydroxylation sites is 4. The van der Waals surface area contributed by atoms with Gasteiger partial charge >= 0.3 is 0 Å². The Balaban J connectivity index is 0.000000136. The molecule has 0 aliphatic heterocycles. The highest BCUT2D eigenvalue weighted by Crippen LogP contribution is 2.68. The van der Waals surface area contributed by atoms with Gasteiger partial charge in [0.05, 0.1) is 22.1 Å². The standard InChI is InChI=1S/C28H34N2O.C27H34N2/c1-18-10-12-27(2)20(14-18)8-9-21-22(27)11-13-28(3)23(21)15-19(16-31)26(28)30-17-29-24-6-4-5-7-25(24)30;1-18-12-14-26(2)19(16-18)8-9-20-21-10-11-25(27(21,3)15-13-22(20)26)29-17-28-23-6-4-5-7-24(23)29/h4-8,16-18,21-23H,9-15H2,1-3H3;4-8,11,17-18,20-22H,9-10,12-16H2,1-3H3/t18-,21?,22?,23?,27-,28-;18-,20?,21?,22?,26-,27-/m00/s1. The first-order valence-corrected chi connectivity index (χ1v) is 24.1. The molecule has 60 heavy (non-hydrogen) atoms. The summed E-state index contributed by atoms with van der Waals surface area (Å²) in [4.78, 5) is 21.7. The Morgan fingerprint density at radius 2 is 1.08 bits per heavy atom. The van der Waals surface area contributed by atoms with Gasteiger partial charge in [0.1, 0.15) is 18.9 Å². The Labute approximate surface area is 358 Å². The van der Waals surface area contributed by atoms with Crippen LogP contribution < -0.4 is 0 Å². The highest BCUT2D eigenvalue weighted by Gasteiger charge is 2.59. The topological polar surface area (TPSA) is 52.7 Å². The van der Waals surface area contributed by atoms with Crippen LogP contribution in [0.2, 0.25) is 0 Å². The number of carbonyl (C=O) groups excluding carboxylic acids is 1. The lowest BCUT2D eigenvalue weighted by Crippen LogP contribution is -2.49. The average Bonchev–Trinajstić information content (AvgIpc) is 4.02. The van der Waals surface area contributed by atoms with Gasteiger partial charge in [-0.15, -0.1) is 0 Å². The largest absolute Gasteiger partial charge is 0.302 e. The molecule has 0 bridgehead atoms. The molecule has 12 atom stereocenters. The predicted molar refractivity (Wildman–Crippen MR) is 246 cm³/mol. The zero-order valence-corrected chi connectivity index (χ0v) is 37.3. The smallest absolute Gasteiger partial charge is 0.147 e. The van der Waals surface area contributed by atoms with Crippen LogP contribution in [-0.4, -0.2) is 25.4 Å². The third-order valence-electron chi connectivity index (χ3n) is 19.5. The van der Waals surface area contributed by atoms with Gasteiger partial charge in [0.25, 0.3) is 0 Å². The van der Waals surface area contributed by atoms with Gasteiger partial charge in [-0.05, 0) is 172 Å². The fraction of sp³-hybridized carbons (Fsp3) is 0.582. The molecule has 5 heteroatoms. The monoisotopic (exact) mass is 801 g/mol. The maximum Gasteiger partial charge on any atom is 0.147 e. The molecule has 4 saturated carbocycles. The minimum Gasteiger partial charge on any atom is -0.302 e. The fourth-order valence-electron chi connectivity index (χ4n) is 16.1. The maximum absolute atomic E-state index is 12.3. The number of rotatable bonds is 3. The molecule has 314 valence electrons. The number of benzene rings is 2. The molecular formula is C55H68N4O. The van der Waals surface area contributed by atoms with Crippen LogP contribution in [0.3, 0.4) is 0 Å². The van der Waals surface area contributed by atoms with Crippen LogP contribution in [0.15, 0.2) is 96.1 Å². The van der Waals surface area contributed by atoms with Crippen LogP contribution >= 0.6 is 0 Å². The van der Waals surface area contributed by atoms with Crippen molar-refractivity contribution in [1.29, 1.82) is 0 Å². The van der Waals surface area contributed by atoms with Crippen molar-refractivity contribution in [3.05, 3.63) is 96.1 Å². The zero-order valence-electron chi connectivity index (χ0n) is 37.3. The number of hydrogen-bond donors (Lipinski definition) is 0. The third kappa shape index (κ3) is 5.57. The summed E-state index contributed by atoms with van der Waals surface area (Å²) in [5, 5.41) is 0. The Hall–Kier alpha value is -3.99. The lowest BCUT2D eigenvalue weighted by molar-refractivity contribution is -0.105. The number of imidazole rings is 2. The van der Waals surface area contributed by atoms with Crippen LogP contribution in [0.4, 0.5) is 0 Å². The van der Waals surface area contributed by atoms with Crippen molar-refractivity contribution >= 4 is 39.7 Å². The van der Waals surface area contributed by atoms with Crippen molar-refractivity contribution < 1.29 is 4.79 Å². The number of aromatic nitrogens is 4. The quantitative estimate of drug-likeness (QED) is 0.153. The molecule has 12 rings (SSSR count). The molecule has 5 nitrogen and oxygen atoms in total. The average molecular weight is 801 g/mol. The second-order valence-corrected chi connectivity index (χ2v) is 22.4. The van der Waals surface area contributed by atoms with Gasteiger partial charge in [-0.3, -0.25) is 4.79 Å². The van der Waals surface area contributed by atoms with Crippen molar-refractivity contribution in [2.75, 3.05) is 0 Å². The van der Waals surface area contributed by atoms with E-state index in [1.54, 1.807) is 5.57 Å². The Kier molecular flexibility index (Phi) is 9.08. The van der Waals surface area contributed by atoms with Crippen molar-refractivity contribution in [3.63, 3.8) is 0 Å². The van der Waals surface area contributed by atoms with E-state index in [-0.39, 0.29) is 10.8 Å². The molecule has 0 radical (unpaired) electrons. The highest BCUT2D eigenvalue weighted by molar-refractivity contribution is 5.90. The fourth-order valence-corrected chi connectivity index (χ4v) is 16.1. The molecule has 0 spiro atoms. The van der Waals surface area contributed by atoms with Gasteiger partial charge in [0, 0.05) is 27.8 Å². The number of carbonyl (C=O) groups is 1. The zero-order chi connectivity index (χ0) is 41.2. The molecular weight excluding hydrogens is 733 g/mol. The number of allylic oxidation sites excluding steroid dienone is 8. The van der Waals surface area contributed by atoms with Crippen LogP contribution in [-0.2, 0) is 4.79 Å². The van der Waals surface area contributed by atoms with Crippen LogP contribution in [0.25, 0.3) is 33.5 Å². The van der Waals surface area contributed by atoms with Crippen molar-refractivity contribution in [1.82, 2.24) is 19.1 Å². The van der Waals surface area contributed by atoms with E-state index < -0.39 is 0 Å². The van der Waals surface area contributed by atoms with E-state index in [9.17, 15) is 4.79 Å². The highest BCUT2D eigenvalue weighted by atomic mass is 16.1. The molecule has 0 saturated heterocycles. The summed E-state index contributed by atoms with van der Waals surface area (Å²) in [5.41, 5.74) is 13.0. The number of hydrogen-bond acceptors (Lipinski definition) is 3. The minimum absolute atomic E-state index is 0.0462. The molecule has 4 aromatic rings. The van der Waals surface area contributed by atoms with E-state index in [4.69, 9.17) is 4.98 Å². The van der Waals surface area contributed by atoms with Crippen LogP contribution in [0.1, 0.15) is 131 Å². The van der Waals surface area contributed by atoms with E-state index >= 15 is 0 Å². The van der Waals surface area contributed by atoms with E-state index in [0.717, 1.165) is 70.3 Å². The lowest BCUT2D eigenvalue weighted by atomic mass is 9.47. The van der Waals surface area contributed by atoms with Crippen molar-refractivity contribution in [2.45, 2.75) is 131 Å². The second-order valence-electron chi connectivity index (χ2n) is 22.4. The van der Waals surface area contributed by atoms with Gasteiger partial charge in [-0.25, -0.2) is 9.97 Å². The van der Waals surface area contributed by atoms with E-state index in [1.807, 2.05) is 18.0 Å². The summed E-state index contributed by atoms with van der Waals surface area (Å²) >= 11 is 0. The minimum atomic E-state index is 0.0462.